The van der Waals surface area contributed by atoms with Crippen LogP contribution in [0, 0.1) is 10.1 Å². The largest absolute Gasteiger partial charge is 0.481 e. The van der Waals surface area contributed by atoms with Crippen LogP contribution in [0.25, 0.3) is 0 Å². The Hall–Kier alpha value is -10.4. The smallest absolute Gasteiger partial charge is 0.416 e. The molecule has 99 heavy (non-hydrogen) atoms. The lowest BCUT2D eigenvalue weighted by atomic mass is 10.1. The molecule has 1 atom stereocenters. The number of halogens is 8. The summed E-state index contributed by atoms with van der Waals surface area (Å²) >= 11 is 5.83. The molecule has 6 aromatic rings. The number of rotatable bonds is 26. The Kier molecular flexibility index (Phi) is 30.7. The number of aromatic carboxylic acids is 1. The molecule has 0 bridgehead atoms. The number of sulfone groups is 1. The number of aromatic nitrogens is 5. The molecular weight excluding hydrogens is 1470 g/mol. The third-order valence-corrected chi connectivity index (χ3v) is 16.1. The first-order valence-electron chi connectivity index (χ1n) is 26.1. The molecule has 0 saturated carbocycles. The summed E-state index contributed by atoms with van der Waals surface area (Å²) in [5.41, 5.74) is -2.81. The van der Waals surface area contributed by atoms with Crippen molar-refractivity contribution in [2.24, 2.45) is 0 Å². The van der Waals surface area contributed by atoms with Crippen molar-refractivity contribution in [3.63, 3.8) is 0 Å². The molecule has 49 heteroatoms. The molecule has 3 aromatic heterocycles. The molecule has 4 amide bonds. The molecule has 1 unspecified atom stereocenters. The molecule has 0 saturated heterocycles. The number of hydrogen-bond acceptors (Lipinski definition) is 28. The average molecular weight is 1520 g/mol. The van der Waals surface area contributed by atoms with Gasteiger partial charge in [0.05, 0.1) is 72.6 Å². The van der Waals surface area contributed by atoms with Gasteiger partial charge in [0.15, 0.2) is 21.0 Å². The number of nitro groups is 1. The minimum absolute atomic E-state index is 0.0398. The maximum absolute atomic E-state index is 12.8. The molecule has 540 valence electrons. The van der Waals surface area contributed by atoms with E-state index < -0.39 is 172 Å². The first-order valence-corrected chi connectivity index (χ1v) is 32.9. The van der Waals surface area contributed by atoms with Gasteiger partial charge < -0.3 is 53.2 Å². The molecule has 0 aliphatic heterocycles. The maximum atomic E-state index is 12.8. The Balaban J connectivity index is 0.000000361. The number of anilines is 2. The van der Waals surface area contributed by atoms with Crippen molar-refractivity contribution in [1.29, 1.82) is 0 Å². The molecule has 0 aliphatic rings. The number of aliphatic carboxylic acids is 1. The van der Waals surface area contributed by atoms with Gasteiger partial charge in [0, 0.05) is 18.3 Å². The summed E-state index contributed by atoms with van der Waals surface area (Å²) in [5.74, 6) is -8.48. The van der Waals surface area contributed by atoms with Crippen LogP contribution in [-0.2, 0) is 59.7 Å². The van der Waals surface area contributed by atoms with Crippen molar-refractivity contribution in [2.45, 2.75) is 61.1 Å². The van der Waals surface area contributed by atoms with Gasteiger partial charge in [-0.1, -0.05) is 30.7 Å². The summed E-state index contributed by atoms with van der Waals surface area (Å²) in [7, 11) is -14.7. The lowest BCUT2D eigenvalue weighted by Crippen LogP contribution is -2.36. The summed E-state index contributed by atoms with van der Waals surface area (Å²) in [6.07, 6.45) is -5.44. The normalized spacial score (nSPS) is 11.6. The Morgan fingerprint density at radius 3 is 1.72 bits per heavy atom. The van der Waals surface area contributed by atoms with E-state index in [1.54, 1.807) is 17.0 Å². The number of carboxylic acid groups (broad SMARTS) is 2. The molecule has 0 aliphatic carbocycles. The van der Waals surface area contributed by atoms with Gasteiger partial charge in [-0.25, -0.2) is 55.2 Å². The lowest BCUT2D eigenvalue weighted by Gasteiger charge is -2.13. The van der Waals surface area contributed by atoms with Crippen LogP contribution in [0.15, 0.2) is 106 Å². The van der Waals surface area contributed by atoms with Crippen molar-refractivity contribution in [3.8, 4) is 35.0 Å². The minimum atomic E-state index is -4.71. The number of pyridine rings is 1. The SMILES string of the molecule is CCOC(=O)C(C)OC(=O)c1cc(Oc2ccc(C(F)(F)F)cc2Cl)ccc1[N+](=O)[O-].CCS(=O)(=O)c1cccnc1S(=O)(=O)NC(=O)Nc1nc(OC)cc(OC)n1.O=C(Nc1nc(OC(F)F)cc(OC(F)F)n1)NS(=O)(=O)c1ccccc1C(=O)O.O=C(O)CNCP(=O)(O)O. The number of sulfonamides is 2. The predicted octanol–water partition coefficient (Wildman–Crippen LogP) is 6.04. The fraction of sp³-hybridized carbons (Fsp3) is 0.260. The zero-order chi connectivity index (χ0) is 75.0. The van der Waals surface area contributed by atoms with E-state index in [0.29, 0.717) is 12.1 Å². The van der Waals surface area contributed by atoms with E-state index in [9.17, 15) is 99.4 Å². The Bertz CT molecular complexity index is 4270. The number of nitro benzene ring substituents is 1. The van der Waals surface area contributed by atoms with Crippen LogP contribution >= 0.6 is 19.2 Å². The van der Waals surface area contributed by atoms with Crippen LogP contribution in [0.1, 0.15) is 47.1 Å². The fourth-order valence-corrected chi connectivity index (χ4v) is 10.8. The van der Waals surface area contributed by atoms with Gasteiger partial charge in [0.2, 0.25) is 35.4 Å². The number of methoxy groups -OCH3 is 2. The van der Waals surface area contributed by atoms with Crippen LogP contribution in [0.5, 0.6) is 35.0 Å². The summed E-state index contributed by atoms with van der Waals surface area (Å²) in [6, 6.07) is 11.1. The molecule has 37 nitrogen and oxygen atoms in total. The van der Waals surface area contributed by atoms with E-state index in [-0.39, 0.29) is 46.6 Å². The molecular formula is C50H50ClF7N11O26PS3. The highest BCUT2D eigenvalue weighted by atomic mass is 35.5. The summed E-state index contributed by atoms with van der Waals surface area (Å²) < 4.78 is 207. The van der Waals surface area contributed by atoms with Crippen LogP contribution in [-0.4, -0.2) is 170 Å². The number of amides is 4. The Morgan fingerprint density at radius 1 is 0.717 bits per heavy atom. The van der Waals surface area contributed by atoms with E-state index in [4.69, 9.17) is 55.3 Å². The van der Waals surface area contributed by atoms with E-state index in [1.165, 1.54) is 57.1 Å². The third-order valence-electron chi connectivity index (χ3n) is 10.6. The van der Waals surface area contributed by atoms with Gasteiger partial charge in [0.1, 0.15) is 26.9 Å². The molecule has 0 radical (unpaired) electrons. The highest BCUT2D eigenvalue weighted by Gasteiger charge is 2.33. The number of carboxylic acids is 2. The number of carbonyl (C=O) groups excluding carboxylic acids is 4. The minimum Gasteiger partial charge on any atom is -0.481 e. The number of nitrogens with one attached hydrogen (secondary N) is 5. The predicted molar refractivity (Wildman–Crippen MR) is 318 cm³/mol. The zero-order valence-corrected chi connectivity index (χ0v) is 54.5. The van der Waals surface area contributed by atoms with Crippen LogP contribution in [0.4, 0.5) is 57.9 Å². The van der Waals surface area contributed by atoms with Crippen LogP contribution in [0.3, 0.4) is 0 Å². The highest BCUT2D eigenvalue weighted by Crippen LogP contribution is 2.38. The molecule has 9 N–H and O–H groups in total. The number of urea groups is 2. The summed E-state index contributed by atoms with van der Waals surface area (Å²) in [4.78, 5) is 112. The Labute approximate surface area is 556 Å². The van der Waals surface area contributed by atoms with Gasteiger partial charge in [-0.05, 0) is 62.4 Å². The number of hydrogen-bond donors (Lipinski definition) is 9. The molecule has 0 spiro atoms. The zero-order valence-electron chi connectivity index (χ0n) is 50.4. The second kappa shape index (κ2) is 36.8. The lowest BCUT2D eigenvalue weighted by molar-refractivity contribution is -0.385. The number of nitrogens with zero attached hydrogens (tertiary/aromatic N) is 6. The van der Waals surface area contributed by atoms with Crippen molar-refractivity contribution < 1.29 is 147 Å². The first-order chi connectivity index (χ1) is 45.9. The first kappa shape index (κ1) is 82.8. The van der Waals surface area contributed by atoms with Crippen LogP contribution in [0.2, 0.25) is 5.02 Å². The topological polar surface area (TPSA) is 535 Å². The molecule has 3 aromatic carbocycles. The standard InChI is InChI=1S/C19H15ClF3NO7.C14H10F4N4O7S.C14H17N5O7S2.C3H8NO5P/c1-3-29-17(25)10(2)30-18(26)13-9-12(5-6-15(13)24(27)28)31-16-7-4-11(8-14(16)20)19(21,22)23;15-11(16)28-8-5-9(29-12(17)18)20-13(19-8)21-14(25)22-30(26,27)7-4-2-1-3-6(7)10(23)24;1-4-27(21,22)9-6-5-7-15-12(9)28(23,24)19-14(20)18-13-16-10(25-2)8-11(17-13)26-3;5-3(6)1-4-2-10(7,8)9/h4-10H,3H2,1-2H3;1-5,11-12H,(H,23,24)(H2,19,20,21,22,25);5-8H,4H2,1-3H3,(H2,16,17,18,19,20);4H,1-2H2,(H,5,6)(H2,7,8,9). The highest BCUT2D eigenvalue weighted by molar-refractivity contribution is 7.93. The fourth-order valence-electron chi connectivity index (χ4n) is 6.51. The number of alkyl halides is 7. The van der Waals surface area contributed by atoms with Crippen molar-refractivity contribution in [1.82, 2.24) is 39.7 Å². The van der Waals surface area contributed by atoms with E-state index >= 15 is 0 Å². The van der Waals surface area contributed by atoms with E-state index in [1.807, 2.05) is 0 Å². The second-order valence-electron chi connectivity index (χ2n) is 17.7. The number of carbonyl (C=O) groups is 6. The Morgan fingerprint density at radius 2 is 1.24 bits per heavy atom. The maximum Gasteiger partial charge on any atom is 0.416 e. The van der Waals surface area contributed by atoms with E-state index in [2.05, 4.69) is 45.0 Å². The number of ether oxygens (including phenoxy) is 7. The third kappa shape index (κ3) is 27.5. The van der Waals surface area contributed by atoms with Gasteiger partial charge in [-0.3, -0.25) is 35.4 Å². The summed E-state index contributed by atoms with van der Waals surface area (Å²) in [5, 5.41) is 33.0. The number of benzene rings is 3. The van der Waals surface area contributed by atoms with Crippen molar-refractivity contribution in [2.75, 3.05) is 50.0 Å². The average Bonchev–Trinajstić information content (AvgIpc) is 0.802. The van der Waals surface area contributed by atoms with Gasteiger partial charge in [-0.2, -0.15) is 59.1 Å². The molecule has 0 fully saturated rings. The van der Waals surface area contributed by atoms with Crippen LogP contribution < -0.4 is 49.1 Å². The van der Waals surface area contributed by atoms with Gasteiger partial charge in [0.25, 0.3) is 25.7 Å². The molecule has 6 rings (SSSR count). The monoisotopic (exact) mass is 1520 g/mol. The second-order valence-corrected chi connectivity index (χ2v) is 25.2. The van der Waals surface area contributed by atoms with Crippen molar-refractivity contribution >= 4 is 103 Å². The number of esters is 2. The van der Waals surface area contributed by atoms with Gasteiger partial charge >= 0.3 is 62.9 Å². The van der Waals surface area contributed by atoms with Gasteiger partial charge in [-0.15, -0.1) is 0 Å². The summed E-state index contributed by atoms with van der Waals surface area (Å²) in [6.45, 7) is -3.09. The quantitative estimate of drug-likeness (QED) is 0.00981. The molecule has 3 heterocycles. The van der Waals surface area contributed by atoms with E-state index in [0.717, 1.165) is 54.7 Å². The van der Waals surface area contributed by atoms with Crippen molar-refractivity contribution in [3.05, 3.63) is 123 Å².